The molecular formula is C19H29N3O4. The van der Waals surface area contributed by atoms with Gasteiger partial charge in [-0.25, -0.2) is 0 Å². The van der Waals surface area contributed by atoms with Crippen molar-refractivity contribution in [3.8, 4) is 0 Å². The maximum absolute atomic E-state index is 12.6. The number of ether oxygens (including phenoxy) is 1. The van der Waals surface area contributed by atoms with Crippen LogP contribution in [-0.4, -0.2) is 53.7 Å². The van der Waals surface area contributed by atoms with Gasteiger partial charge in [0.25, 0.3) is 0 Å². The fourth-order valence-electron chi connectivity index (χ4n) is 3.15. The van der Waals surface area contributed by atoms with Crippen LogP contribution in [0.1, 0.15) is 25.3 Å². The Kier molecular flexibility index (Phi) is 7.14. The van der Waals surface area contributed by atoms with Gasteiger partial charge in [0.1, 0.15) is 12.1 Å². The van der Waals surface area contributed by atoms with Gasteiger partial charge >= 0.3 is 11.9 Å². The fourth-order valence-corrected chi connectivity index (χ4v) is 3.15. The lowest BCUT2D eigenvalue weighted by molar-refractivity contribution is -0.160. The minimum Gasteiger partial charge on any atom is -0.480 e. The first kappa shape index (κ1) is 20.4. The Labute approximate surface area is 154 Å². The number of carbonyl (C=O) groups is 2. The monoisotopic (exact) mass is 363 g/mol. The lowest BCUT2D eigenvalue weighted by Crippen LogP contribution is -2.58. The first-order valence-electron chi connectivity index (χ1n) is 8.99. The highest BCUT2D eigenvalue weighted by Gasteiger charge is 2.44. The molecule has 2 unspecified atom stereocenters. The van der Waals surface area contributed by atoms with Gasteiger partial charge in [0.15, 0.2) is 0 Å². The summed E-state index contributed by atoms with van der Waals surface area (Å²) in [4.78, 5) is 26.3. The first-order chi connectivity index (χ1) is 12.3. The summed E-state index contributed by atoms with van der Waals surface area (Å²) in [5.74, 6) is -2.25. The number of hydrogen-bond acceptors (Lipinski definition) is 6. The Morgan fingerprint density at radius 3 is 2.46 bits per heavy atom. The Balaban J connectivity index is 2.03. The third-order valence-electron chi connectivity index (χ3n) is 5.17. The third kappa shape index (κ3) is 5.27. The van der Waals surface area contributed by atoms with Crippen molar-refractivity contribution in [3.63, 3.8) is 0 Å². The van der Waals surface area contributed by atoms with E-state index in [1.54, 1.807) is 0 Å². The molecule has 0 bridgehead atoms. The van der Waals surface area contributed by atoms with E-state index in [1.807, 2.05) is 30.3 Å². The van der Waals surface area contributed by atoms with Crippen LogP contribution in [-0.2, 0) is 20.9 Å². The molecular weight excluding hydrogens is 334 g/mol. The topological polar surface area (TPSA) is 119 Å². The van der Waals surface area contributed by atoms with Crippen LogP contribution in [0.3, 0.4) is 0 Å². The van der Waals surface area contributed by atoms with Crippen LogP contribution < -0.4 is 11.5 Å². The van der Waals surface area contributed by atoms with Crippen LogP contribution in [0.15, 0.2) is 30.3 Å². The maximum atomic E-state index is 12.6. The Hall–Kier alpha value is -1.96. The van der Waals surface area contributed by atoms with E-state index < -0.39 is 23.4 Å². The van der Waals surface area contributed by atoms with Crippen molar-refractivity contribution in [2.75, 3.05) is 26.2 Å². The molecule has 26 heavy (non-hydrogen) atoms. The molecule has 7 heteroatoms. The predicted octanol–water partition coefficient (Wildman–Crippen LogP) is 0.819. The molecule has 1 aliphatic rings. The molecule has 1 saturated heterocycles. The van der Waals surface area contributed by atoms with Crippen molar-refractivity contribution in [2.45, 2.75) is 31.9 Å². The smallest absolute Gasteiger partial charge is 0.324 e. The van der Waals surface area contributed by atoms with Crippen molar-refractivity contribution in [3.05, 3.63) is 35.9 Å². The number of esters is 1. The number of aliphatic carboxylic acids is 1. The van der Waals surface area contributed by atoms with Gasteiger partial charge in [0.05, 0.1) is 5.92 Å². The average molecular weight is 363 g/mol. The van der Waals surface area contributed by atoms with E-state index in [0.29, 0.717) is 12.5 Å². The van der Waals surface area contributed by atoms with Crippen molar-refractivity contribution in [2.24, 2.45) is 23.3 Å². The lowest BCUT2D eigenvalue weighted by atomic mass is 9.85. The highest BCUT2D eigenvalue weighted by Crippen LogP contribution is 2.23. The molecule has 2 rings (SSSR count). The zero-order chi connectivity index (χ0) is 19.2. The average Bonchev–Trinajstić information content (AvgIpc) is 2.65. The predicted molar refractivity (Wildman–Crippen MR) is 98.2 cm³/mol. The Morgan fingerprint density at radius 1 is 1.31 bits per heavy atom. The molecule has 5 N–H and O–H groups in total. The van der Waals surface area contributed by atoms with Gasteiger partial charge in [-0.05, 0) is 50.9 Å². The van der Waals surface area contributed by atoms with Crippen molar-refractivity contribution in [1.82, 2.24) is 4.90 Å². The molecule has 0 aromatic heterocycles. The molecule has 1 fully saturated rings. The Morgan fingerprint density at radius 2 is 1.92 bits per heavy atom. The highest BCUT2D eigenvalue weighted by atomic mass is 16.5. The summed E-state index contributed by atoms with van der Waals surface area (Å²) in [6, 6.07) is 9.27. The van der Waals surface area contributed by atoms with E-state index in [0.717, 1.165) is 31.5 Å². The van der Waals surface area contributed by atoms with E-state index in [-0.39, 0.29) is 13.2 Å². The van der Waals surface area contributed by atoms with E-state index >= 15 is 0 Å². The second kappa shape index (κ2) is 9.12. The van der Waals surface area contributed by atoms with Gasteiger partial charge in [-0.15, -0.1) is 0 Å². The standard InChI is InChI=1S/C19H29N3O4/c1-19(21,18(24)25)16(12-22-9-7-14(11-20)8-10-22)17(23)26-13-15-5-3-2-4-6-15/h2-6,14,16H,7-13,20-21H2,1H3,(H,24,25). The molecule has 2 atom stereocenters. The van der Waals surface area contributed by atoms with Crippen LogP contribution >= 0.6 is 0 Å². The molecule has 7 nitrogen and oxygen atoms in total. The molecule has 0 spiro atoms. The quantitative estimate of drug-likeness (QED) is 0.585. The number of carboxylic acids is 1. The molecule has 0 aliphatic carbocycles. The first-order valence-corrected chi connectivity index (χ1v) is 8.99. The number of benzene rings is 1. The molecule has 1 aromatic rings. The number of carboxylic acid groups (broad SMARTS) is 1. The normalized spacial score (nSPS) is 19.5. The van der Waals surface area contributed by atoms with E-state index in [4.69, 9.17) is 16.2 Å². The van der Waals surface area contributed by atoms with E-state index in [1.165, 1.54) is 6.92 Å². The van der Waals surface area contributed by atoms with Crippen LogP contribution in [0.2, 0.25) is 0 Å². The number of nitrogens with two attached hydrogens (primary N) is 2. The van der Waals surface area contributed by atoms with Gasteiger partial charge in [0.2, 0.25) is 0 Å². The van der Waals surface area contributed by atoms with Crippen molar-refractivity contribution >= 4 is 11.9 Å². The molecule has 1 aromatic carbocycles. The van der Waals surface area contributed by atoms with Crippen LogP contribution in [0.25, 0.3) is 0 Å². The van der Waals surface area contributed by atoms with Crippen molar-refractivity contribution < 1.29 is 19.4 Å². The summed E-state index contributed by atoms with van der Waals surface area (Å²) in [5, 5.41) is 9.49. The number of rotatable bonds is 8. The van der Waals surface area contributed by atoms with Crippen LogP contribution in [0.4, 0.5) is 0 Å². The summed E-state index contributed by atoms with van der Waals surface area (Å²) in [7, 11) is 0. The van der Waals surface area contributed by atoms with Crippen molar-refractivity contribution in [1.29, 1.82) is 0 Å². The van der Waals surface area contributed by atoms with Gasteiger partial charge in [-0.3, -0.25) is 9.59 Å². The number of piperidine rings is 1. The zero-order valence-corrected chi connectivity index (χ0v) is 15.3. The number of nitrogens with zero attached hydrogens (tertiary/aromatic N) is 1. The molecule has 0 amide bonds. The molecule has 144 valence electrons. The van der Waals surface area contributed by atoms with Gasteiger partial charge in [-0.1, -0.05) is 30.3 Å². The van der Waals surface area contributed by atoms with E-state index in [2.05, 4.69) is 4.90 Å². The second-order valence-corrected chi connectivity index (χ2v) is 7.21. The molecule has 1 aliphatic heterocycles. The number of carbonyl (C=O) groups excluding carboxylic acids is 1. The van der Waals surface area contributed by atoms with Crippen LogP contribution in [0.5, 0.6) is 0 Å². The Bertz CT molecular complexity index is 598. The summed E-state index contributed by atoms with van der Waals surface area (Å²) < 4.78 is 5.38. The largest absolute Gasteiger partial charge is 0.480 e. The van der Waals surface area contributed by atoms with Crippen LogP contribution in [0, 0.1) is 11.8 Å². The third-order valence-corrected chi connectivity index (χ3v) is 5.17. The highest BCUT2D eigenvalue weighted by molar-refractivity contribution is 5.87. The maximum Gasteiger partial charge on any atom is 0.324 e. The molecule has 0 radical (unpaired) electrons. The summed E-state index contributed by atoms with van der Waals surface area (Å²) >= 11 is 0. The minimum absolute atomic E-state index is 0.0983. The summed E-state index contributed by atoms with van der Waals surface area (Å²) in [5.41, 5.74) is 10.9. The summed E-state index contributed by atoms with van der Waals surface area (Å²) in [6.07, 6.45) is 1.88. The fraction of sp³-hybridized carbons (Fsp3) is 0.579. The minimum atomic E-state index is -1.70. The van der Waals surface area contributed by atoms with E-state index in [9.17, 15) is 14.7 Å². The lowest BCUT2D eigenvalue weighted by Gasteiger charge is -2.36. The van der Waals surface area contributed by atoms with Gasteiger partial charge in [-0.2, -0.15) is 0 Å². The molecule has 0 saturated carbocycles. The number of hydrogen-bond donors (Lipinski definition) is 3. The second-order valence-electron chi connectivity index (χ2n) is 7.21. The van der Waals surface area contributed by atoms with Gasteiger partial charge < -0.3 is 26.2 Å². The summed E-state index contributed by atoms with van der Waals surface area (Å²) in [6.45, 7) is 3.95. The molecule has 1 heterocycles. The zero-order valence-electron chi connectivity index (χ0n) is 15.3. The van der Waals surface area contributed by atoms with Gasteiger partial charge in [0, 0.05) is 6.54 Å². The number of likely N-dealkylation sites (tertiary alicyclic amines) is 1. The SMILES string of the molecule is CC(N)(C(=O)O)C(CN1CCC(CN)CC1)C(=O)OCc1ccccc1.